The predicted octanol–water partition coefficient (Wildman–Crippen LogP) is 2.10. The first kappa shape index (κ1) is 9.18. The van der Waals surface area contributed by atoms with E-state index in [0.29, 0.717) is 5.33 Å². The molecule has 54 valence electrons. The lowest BCUT2D eigenvalue weighted by Gasteiger charge is -2.04. The smallest absolute Gasteiger partial charge is 0.0640 e. The van der Waals surface area contributed by atoms with Crippen molar-refractivity contribution in [2.24, 2.45) is 0 Å². The van der Waals surface area contributed by atoms with Crippen LogP contribution < -0.4 is 0 Å². The average Bonchev–Trinajstić information content (AvgIpc) is 1.83. The van der Waals surface area contributed by atoms with Gasteiger partial charge in [-0.05, 0) is 19.8 Å². The first-order valence-electron chi connectivity index (χ1n) is 3.05. The molecule has 0 fully saturated rings. The van der Waals surface area contributed by atoms with Crippen LogP contribution in [-0.4, -0.2) is 16.5 Å². The molecule has 9 heavy (non-hydrogen) atoms. The average molecular weight is 193 g/mol. The molecule has 0 aromatic rings. The van der Waals surface area contributed by atoms with Crippen LogP contribution in [0.25, 0.3) is 0 Å². The largest absolute Gasteiger partial charge is 0.392 e. The zero-order chi connectivity index (χ0) is 7.28. The van der Waals surface area contributed by atoms with Gasteiger partial charge in [-0.3, -0.25) is 0 Å². The van der Waals surface area contributed by atoms with Crippen molar-refractivity contribution in [3.8, 4) is 0 Å². The fraction of sp³-hybridized carbons (Fsp3) is 0.714. The second-order valence-corrected chi connectivity index (χ2v) is 2.95. The molecule has 0 aromatic carbocycles. The van der Waals surface area contributed by atoms with Crippen LogP contribution in [0.3, 0.4) is 0 Å². The molecule has 0 saturated carbocycles. The Morgan fingerprint density at radius 1 is 1.78 bits per heavy atom. The van der Waals surface area contributed by atoms with Crippen LogP contribution in [0.15, 0.2) is 12.2 Å². The molecule has 0 aliphatic carbocycles. The van der Waals surface area contributed by atoms with Gasteiger partial charge in [0.05, 0.1) is 6.10 Å². The maximum absolute atomic E-state index is 9.02. The Morgan fingerprint density at radius 2 is 2.33 bits per heavy atom. The molecule has 0 aromatic heterocycles. The molecule has 0 aliphatic heterocycles. The van der Waals surface area contributed by atoms with Gasteiger partial charge in [-0.15, -0.1) is 6.58 Å². The number of allylic oxidation sites excluding steroid dienone is 1. The molecule has 0 spiro atoms. The maximum atomic E-state index is 9.02. The van der Waals surface area contributed by atoms with E-state index in [4.69, 9.17) is 5.11 Å². The Balaban J connectivity index is 3.16. The number of hydrogen-bond acceptors (Lipinski definition) is 1. The quantitative estimate of drug-likeness (QED) is 0.535. The molecule has 0 heterocycles. The highest BCUT2D eigenvalue weighted by Gasteiger charge is 1.99. The molecule has 0 amide bonds. The van der Waals surface area contributed by atoms with Crippen molar-refractivity contribution in [1.29, 1.82) is 0 Å². The summed E-state index contributed by atoms with van der Waals surface area (Å²) in [6, 6.07) is 0. The Hall–Kier alpha value is 0.180. The predicted molar refractivity (Wildman–Crippen MR) is 43.8 cm³/mol. The maximum Gasteiger partial charge on any atom is 0.0640 e. The molecule has 0 bridgehead atoms. The number of alkyl halides is 1. The Bertz CT molecular complexity index is 90.9. The second-order valence-electron chi connectivity index (χ2n) is 2.30. The summed E-state index contributed by atoms with van der Waals surface area (Å²) in [5.41, 5.74) is 1.13. The van der Waals surface area contributed by atoms with E-state index in [-0.39, 0.29) is 6.10 Å². The Kier molecular flexibility index (Phi) is 5.10. The second kappa shape index (κ2) is 5.00. The van der Waals surface area contributed by atoms with E-state index >= 15 is 0 Å². The monoisotopic (exact) mass is 192 g/mol. The van der Waals surface area contributed by atoms with Crippen molar-refractivity contribution >= 4 is 15.9 Å². The highest BCUT2D eigenvalue weighted by molar-refractivity contribution is 9.09. The van der Waals surface area contributed by atoms with E-state index in [1.807, 2.05) is 6.92 Å². The van der Waals surface area contributed by atoms with Crippen molar-refractivity contribution in [3.05, 3.63) is 12.2 Å². The molecular formula is C7H13BrO. The minimum absolute atomic E-state index is 0.207. The summed E-state index contributed by atoms with van der Waals surface area (Å²) in [5, 5.41) is 9.69. The molecule has 1 atom stereocenters. The summed E-state index contributed by atoms with van der Waals surface area (Å²) in [4.78, 5) is 0. The molecule has 0 saturated heterocycles. The molecule has 1 unspecified atom stereocenters. The van der Waals surface area contributed by atoms with Crippen LogP contribution in [0.4, 0.5) is 0 Å². The lowest BCUT2D eigenvalue weighted by Crippen LogP contribution is -2.06. The van der Waals surface area contributed by atoms with Crippen LogP contribution in [0.2, 0.25) is 0 Å². The number of halogens is 1. The number of rotatable bonds is 4. The molecule has 0 aliphatic rings. The fourth-order valence-electron chi connectivity index (χ4n) is 0.490. The van der Waals surface area contributed by atoms with Crippen LogP contribution in [0.1, 0.15) is 19.8 Å². The zero-order valence-electron chi connectivity index (χ0n) is 5.73. The van der Waals surface area contributed by atoms with Gasteiger partial charge in [0.2, 0.25) is 0 Å². The lowest BCUT2D eigenvalue weighted by atomic mass is 10.1. The van der Waals surface area contributed by atoms with Gasteiger partial charge in [0.15, 0.2) is 0 Å². The third-order valence-corrected chi connectivity index (χ3v) is 1.83. The third kappa shape index (κ3) is 6.06. The summed E-state index contributed by atoms with van der Waals surface area (Å²) in [6.45, 7) is 5.71. The molecule has 0 rings (SSSR count). The Morgan fingerprint density at radius 3 is 2.67 bits per heavy atom. The molecular weight excluding hydrogens is 180 g/mol. The first-order chi connectivity index (χ1) is 4.16. The molecule has 2 heteroatoms. The van der Waals surface area contributed by atoms with E-state index in [9.17, 15) is 0 Å². The summed E-state index contributed by atoms with van der Waals surface area (Å²) < 4.78 is 0. The first-order valence-corrected chi connectivity index (χ1v) is 4.17. The van der Waals surface area contributed by atoms with Crippen LogP contribution in [-0.2, 0) is 0 Å². The highest BCUT2D eigenvalue weighted by atomic mass is 79.9. The van der Waals surface area contributed by atoms with Gasteiger partial charge >= 0.3 is 0 Å². The van der Waals surface area contributed by atoms with Crippen molar-refractivity contribution in [2.45, 2.75) is 25.9 Å². The van der Waals surface area contributed by atoms with E-state index < -0.39 is 0 Å². The van der Waals surface area contributed by atoms with Gasteiger partial charge in [-0.25, -0.2) is 0 Å². The van der Waals surface area contributed by atoms with Gasteiger partial charge in [0.25, 0.3) is 0 Å². The zero-order valence-corrected chi connectivity index (χ0v) is 7.32. The molecule has 1 N–H and O–H groups in total. The molecule has 0 radical (unpaired) electrons. The van der Waals surface area contributed by atoms with Gasteiger partial charge in [0.1, 0.15) is 0 Å². The van der Waals surface area contributed by atoms with Crippen LogP contribution in [0, 0.1) is 0 Å². The van der Waals surface area contributed by atoms with Gasteiger partial charge in [-0.1, -0.05) is 21.5 Å². The van der Waals surface area contributed by atoms with Crippen molar-refractivity contribution < 1.29 is 5.11 Å². The van der Waals surface area contributed by atoms with E-state index in [1.165, 1.54) is 0 Å². The topological polar surface area (TPSA) is 20.2 Å². The van der Waals surface area contributed by atoms with Crippen LogP contribution >= 0.6 is 15.9 Å². The number of aliphatic hydroxyl groups excluding tert-OH is 1. The number of hydrogen-bond donors (Lipinski definition) is 1. The standard InChI is InChI=1S/C7H13BrO/c1-6(2)3-4-7(9)5-8/h7,9H,1,3-5H2,2H3. The Labute approximate surface area is 64.9 Å². The summed E-state index contributed by atoms with van der Waals surface area (Å²) in [5.74, 6) is 0. The minimum Gasteiger partial charge on any atom is -0.392 e. The van der Waals surface area contributed by atoms with Crippen LogP contribution in [0.5, 0.6) is 0 Å². The van der Waals surface area contributed by atoms with Crippen molar-refractivity contribution in [2.75, 3.05) is 5.33 Å². The van der Waals surface area contributed by atoms with Crippen molar-refractivity contribution in [1.82, 2.24) is 0 Å². The summed E-state index contributed by atoms with van der Waals surface area (Å²) in [7, 11) is 0. The molecule has 1 nitrogen and oxygen atoms in total. The third-order valence-electron chi connectivity index (χ3n) is 1.08. The minimum atomic E-state index is -0.207. The van der Waals surface area contributed by atoms with E-state index in [0.717, 1.165) is 18.4 Å². The van der Waals surface area contributed by atoms with Gasteiger partial charge in [0, 0.05) is 5.33 Å². The highest BCUT2D eigenvalue weighted by Crippen LogP contribution is 2.05. The summed E-state index contributed by atoms with van der Waals surface area (Å²) in [6.07, 6.45) is 1.54. The van der Waals surface area contributed by atoms with Gasteiger partial charge in [-0.2, -0.15) is 0 Å². The summed E-state index contributed by atoms with van der Waals surface area (Å²) >= 11 is 3.19. The SMILES string of the molecule is C=C(C)CCC(O)CBr. The van der Waals surface area contributed by atoms with Gasteiger partial charge < -0.3 is 5.11 Å². The lowest BCUT2D eigenvalue weighted by molar-refractivity contribution is 0.191. The fourth-order valence-corrected chi connectivity index (χ4v) is 0.814. The van der Waals surface area contributed by atoms with E-state index in [1.54, 1.807) is 0 Å². The number of aliphatic hydroxyl groups is 1. The van der Waals surface area contributed by atoms with Crippen molar-refractivity contribution in [3.63, 3.8) is 0 Å². The normalized spacial score (nSPS) is 13.2. The van der Waals surface area contributed by atoms with E-state index in [2.05, 4.69) is 22.5 Å².